The molecular weight excluding hydrogens is 294 g/mol. The van der Waals surface area contributed by atoms with Crippen molar-refractivity contribution in [1.29, 1.82) is 0 Å². The van der Waals surface area contributed by atoms with Crippen LogP contribution in [-0.2, 0) is 16.1 Å². The predicted molar refractivity (Wildman–Crippen MR) is 90.1 cm³/mol. The predicted octanol–water partition coefficient (Wildman–Crippen LogP) is 2.07. The summed E-state index contributed by atoms with van der Waals surface area (Å²) in [5.74, 6) is -1.99. The molecule has 0 saturated heterocycles. The molecule has 0 amide bonds. The Bertz CT molecular complexity index is 475. The van der Waals surface area contributed by atoms with Gasteiger partial charge in [0.05, 0.1) is 25.2 Å². The highest BCUT2D eigenvalue weighted by atomic mass is 16.5. The highest BCUT2D eigenvalue weighted by Gasteiger charge is 2.35. The van der Waals surface area contributed by atoms with Gasteiger partial charge in [-0.2, -0.15) is 0 Å². The van der Waals surface area contributed by atoms with Crippen molar-refractivity contribution in [2.45, 2.75) is 32.6 Å². The van der Waals surface area contributed by atoms with Gasteiger partial charge < -0.3 is 20.3 Å². The fraction of sp³-hybridized carbons (Fsp3) is 0.500. The molecule has 4 atom stereocenters. The van der Waals surface area contributed by atoms with E-state index in [1.165, 1.54) is 6.92 Å². The maximum atomic E-state index is 11.5. The fourth-order valence-electron chi connectivity index (χ4n) is 2.60. The minimum Gasteiger partial charge on any atom is -0.481 e. The largest absolute Gasteiger partial charge is 0.481 e. The Morgan fingerprint density at radius 2 is 2.00 bits per heavy atom. The van der Waals surface area contributed by atoms with Gasteiger partial charge in [-0.05, 0) is 18.4 Å². The Hall–Kier alpha value is -1.69. The lowest BCUT2D eigenvalue weighted by Gasteiger charge is -2.31. The van der Waals surface area contributed by atoms with Gasteiger partial charge in [0.15, 0.2) is 0 Å². The number of ether oxygens (including phenoxy) is 1. The molecule has 0 aromatic heterocycles. The number of carboxylic acid groups (broad SMARTS) is 1. The lowest BCUT2D eigenvalue weighted by Crippen LogP contribution is -2.50. The van der Waals surface area contributed by atoms with E-state index in [1.807, 2.05) is 37.3 Å². The van der Waals surface area contributed by atoms with Crippen LogP contribution in [0.15, 0.2) is 43.0 Å². The third-order valence-corrected chi connectivity index (χ3v) is 3.80. The average molecular weight is 321 g/mol. The van der Waals surface area contributed by atoms with Crippen molar-refractivity contribution in [2.24, 2.45) is 11.8 Å². The summed E-state index contributed by atoms with van der Waals surface area (Å²) in [6, 6.07) is 9.40. The van der Waals surface area contributed by atoms with E-state index in [1.54, 1.807) is 6.08 Å². The molecule has 4 unspecified atom stereocenters. The van der Waals surface area contributed by atoms with Gasteiger partial charge in [0.25, 0.3) is 0 Å². The first-order valence-electron chi connectivity index (χ1n) is 7.84. The van der Waals surface area contributed by atoms with Gasteiger partial charge in [0.1, 0.15) is 0 Å². The molecule has 3 N–H and O–H groups in total. The smallest absolute Gasteiger partial charge is 0.310 e. The second kappa shape index (κ2) is 10.2. The molecule has 0 radical (unpaired) electrons. The Balaban J connectivity index is 2.65. The van der Waals surface area contributed by atoms with E-state index in [0.29, 0.717) is 19.8 Å². The SMILES string of the molecule is C=CCNC(C(C)COCc1ccccc1)C(C(=O)O)C(C)O. The number of hydrogen-bond acceptors (Lipinski definition) is 4. The molecule has 5 heteroatoms. The van der Waals surface area contributed by atoms with E-state index in [0.717, 1.165) is 5.56 Å². The molecule has 23 heavy (non-hydrogen) atoms. The molecule has 0 aliphatic rings. The summed E-state index contributed by atoms with van der Waals surface area (Å²) in [7, 11) is 0. The molecule has 0 aliphatic carbocycles. The van der Waals surface area contributed by atoms with Gasteiger partial charge in [-0.3, -0.25) is 4.79 Å². The fourth-order valence-corrected chi connectivity index (χ4v) is 2.60. The second-order valence-corrected chi connectivity index (χ2v) is 5.81. The van der Waals surface area contributed by atoms with Crippen molar-refractivity contribution in [3.8, 4) is 0 Å². The van der Waals surface area contributed by atoms with E-state index >= 15 is 0 Å². The zero-order valence-corrected chi connectivity index (χ0v) is 13.8. The first-order valence-corrected chi connectivity index (χ1v) is 7.84. The van der Waals surface area contributed by atoms with E-state index in [9.17, 15) is 15.0 Å². The Labute approximate surface area is 138 Å². The van der Waals surface area contributed by atoms with Crippen LogP contribution in [0.1, 0.15) is 19.4 Å². The molecule has 1 rings (SSSR count). The zero-order valence-electron chi connectivity index (χ0n) is 13.8. The number of aliphatic hydroxyl groups is 1. The maximum Gasteiger partial charge on any atom is 0.310 e. The molecule has 5 nitrogen and oxygen atoms in total. The molecular formula is C18H27NO4. The van der Waals surface area contributed by atoms with E-state index < -0.39 is 24.0 Å². The van der Waals surface area contributed by atoms with Gasteiger partial charge in [0, 0.05) is 12.6 Å². The summed E-state index contributed by atoms with van der Waals surface area (Å²) in [4.78, 5) is 11.5. The third kappa shape index (κ3) is 6.52. The molecule has 128 valence electrons. The van der Waals surface area contributed by atoms with Crippen LogP contribution in [0, 0.1) is 11.8 Å². The number of aliphatic hydroxyl groups excluding tert-OH is 1. The standard InChI is InChI=1S/C18H27NO4/c1-4-10-19-17(16(14(3)20)18(21)22)13(2)11-23-12-15-8-6-5-7-9-15/h4-9,13-14,16-17,19-20H,1,10-12H2,2-3H3,(H,21,22). The van der Waals surface area contributed by atoms with Gasteiger partial charge in [-0.25, -0.2) is 0 Å². The minimum atomic E-state index is -1.02. The topological polar surface area (TPSA) is 78.8 Å². The third-order valence-electron chi connectivity index (χ3n) is 3.80. The van der Waals surface area contributed by atoms with Gasteiger partial charge in [-0.15, -0.1) is 6.58 Å². The second-order valence-electron chi connectivity index (χ2n) is 5.81. The van der Waals surface area contributed by atoms with Crippen LogP contribution in [0.2, 0.25) is 0 Å². The maximum absolute atomic E-state index is 11.5. The van der Waals surface area contributed by atoms with Gasteiger partial charge >= 0.3 is 5.97 Å². The van der Waals surface area contributed by atoms with Crippen LogP contribution in [-0.4, -0.2) is 41.5 Å². The lowest BCUT2D eigenvalue weighted by molar-refractivity contribution is -0.147. The summed E-state index contributed by atoms with van der Waals surface area (Å²) >= 11 is 0. The average Bonchev–Trinajstić information content (AvgIpc) is 2.51. The molecule has 1 aromatic rings. The Morgan fingerprint density at radius 1 is 1.35 bits per heavy atom. The number of benzene rings is 1. The van der Waals surface area contributed by atoms with Crippen molar-refractivity contribution in [1.82, 2.24) is 5.32 Å². The Morgan fingerprint density at radius 3 is 2.52 bits per heavy atom. The van der Waals surface area contributed by atoms with Crippen LogP contribution in [0.4, 0.5) is 0 Å². The van der Waals surface area contributed by atoms with Crippen molar-refractivity contribution in [3.63, 3.8) is 0 Å². The quantitative estimate of drug-likeness (QED) is 0.544. The molecule has 0 bridgehead atoms. The molecule has 0 aliphatic heterocycles. The molecule has 0 saturated carbocycles. The van der Waals surface area contributed by atoms with Crippen molar-refractivity contribution in [3.05, 3.63) is 48.6 Å². The highest BCUT2D eigenvalue weighted by molar-refractivity contribution is 5.71. The summed E-state index contributed by atoms with van der Waals surface area (Å²) < 4.78 is 5.71. The molecule has 0 heterocycles. The molecule has 0 fully saturated rings. The zero-order chi connectivity index (χ0) is 17.2. The highest BCUT2D eigenvalue weighted by Crippen LogP contribution is 2.19. The normalized spacial score (nSPS) is 16.3. The number of nitrogens with one attached hydrogen (secondary N) is 1. The van der Waals surface area contributed by atoms with Crippen molar-refractivity contribution < 1.29 is 19.7 Å². The number of hydrogen-bond donors (Lipinski definition) is 3. The number of rotatable bonds is 11. The van der Waals surface area contributed by atoms with E-state index in [-0.39, 0.29) is 5.92 Å². The van der Waals surface area contributed by atoms with Crippen LogP contribution in [0.3, 0.4) is 0 Å². The number of carboxylic acids is 1. The van der Waals surface area contributed by atoms with Gasteiger partial charge in [-0.1, -0.05) is 43.3 Å². The Kier molecular flexibility index (Phi) is 8.55. The summed E-state index contributed by atoms with van der Waals surface area (Å²) in [6.07, 6.45) is 0.720. The first-order chi connectivity index (χ1) is 11.0. The van der Waals surface area contributed by atoms with Crippen LogP contribution in [0.5, 0.6) is 0 Å². The van der Waals surface area contributed by atoms with Gasteiger partial charge in [0.2, 0.25) is 0 Å². The van der Waals surface area contributed by atoms with Crippen LogP contribution >= 0.6 is 0 Å². The number of carbonyl (C=O) groups is 1. The van der Waals surface area contributed by atoms with E-state index in [2.05, 4.69) is 11.9 Å². The van der Waals surface area contributed by atoms with Crippen LogP contribution in [0.25, 0.3) is 0 Å². The number of aliphatic carboxylic acids is 1. The monoisotopic (exact) mass is 321 g/mol. The summed E-state index contributed by atoms with van der Waals surface area (Å²) in [5.41, 5.74) is 1.07. The summed E-state index contributed by atoms with van der Waals surface area (Å²) in [6.45, 7) is 8.42. The molecule has 1 aromatic carbocycles. The lowest BCUT2D eigenvalue weighted by atomic mass is 9.86. The minimum absolute atomic E-state index is 0.0747. The van der Waals surface area contributed by atoms with E-state index in [4.69, 9.17) is 4.74 Å². The van der Waals surface area contributed by atoms with Crippen molar-refractivity contribution in [2.75, 3.05) is 13.2 Å². The van der Waals surface area contributed by atoms with Crippen LogP contribution < -0.4 is 5.32 Å². The van der Waals surface area contributed by atoms with Crippen molar-refractivity contribution >= 4 is 5.97 Å². The summed E-state index contributed by atoms with van der Waals surface area (Å²) in [5, 5.41) is 22.4. The first kappa shape index (κ1) is 19.4. The molecule has 0 spiro atoms.